The third-order valence-corrected chi connectivity index (χ3v) is 12.5. The maximum Gasteiger partial charge on any atom is 0.414 e. The van der Waals surface area contributed by atoms with E-state index in [1.54, 1.807) is 0 Å². The van der Waals surface area contributed by atoms with E-state index in [2.05, 4.69) is 30.7 Å². The van der Waals surface area contributed by atoms with Crippen LogP contribution in [0, 0.1) is 35.5 Å². The average molecular weight is 679 g/mol. The van der Waals surface area contributed by atoms with Gasteiger partial charge in [0, 0.05) is 96.7 Å². The van der Waals surface area contributed by atoms with Gasteiger partial charge in [0.25, 0.3) is 0 Å². The highest BCUT2D eigenvalue weighted by Gasteiger charge is 2.42. The molecule has 14 nitrogen and oxygen atoms in total. The molecule has 7 N–H and O–H groups in total. The van der Waals surface area contributed by atoms with Crippen LogP contribution >= 0.6 is 0 Å². The molecule has 6 heterocycles. The zero-order valence-electron chi connectivity index (χ0n) is 28.3. The number of carboxylic acid groups (broad SMARTS) is 4. The van der Waals surface area contributed by atoms with Gasteiger partial charge in [-0.2, -0.15) is 0 Å². The van der Waals surface area contributed by atoms with Gasteiger partial charge in [0.1, 0.15) is 0 Å². The monoisotopic (exact) mass is 678 g/mol. The SMILES string of the molecule is C1CC2CN(C3CNC3)CC2C1.C1CC2CN(C3CNC3)CC2C1.C1CC2CN(C3CNC3)CC2C1.O=C(O)C(=O)O.O=C(O)C(=O)O. The van der Waals surface area contributed by atoms with Crippen molar-refractivity contribution in [2.45, 2.75) is 75.9 Å². The van der Waals surface area contributed by atoms with Crippen LogP contribution in [-0.2, 0) is 19.2 Å². The van der Waals surface area contributed by atoms with Crippen molar-refractivity contribution in [1.82, 2.24) is 30.7 Å². The summed E-state index contributed by atoms with van der Waals surface area (Å²) in [7, 11) is 0. The van der Waals surface area contributed by atoms with E-state index in [-0.39, 0.29) is 0 Å². The lowest BCUT2D eigenvalue weighted by molar-refractivity contribution is -0.159. The Morgan fingerprint density at radius 2 is 0.562 bits per heavy atom. The summed E-state index contributed by atoms with van der Waals surface area (Å²) in [5.41, 5.74) is 0. The quantitative estimate of drug-likeness (QED) is 0.203. The smallest absolute Gasteiger partial charge is 0.414 e. The fourth-order valence-electron chi connectivity index (χ4n) is 9.30. The molecule has 272 valence electrons. The van der Waals surface area contributed by atoms with Crippen molar-refractivity contribution in [1.29, 1.82) is 0 Å². The normalized spacial score (nSPS) is 34.1. The molecule has 9 aliphatic rings. The number of carbonyl (C=O) groups is 4. The van der Waals surface area contributed by atoms with Gasteiger partial charge in [-0.25, -0.2) is 19.2 Å². The molecule has 9 rings (SSSR count). The molecule has 3 saturated carbocycles. The van der Waals surface area contributed by atoms with Crippen LogP contribution < -0.4 is 16.0 Å². The van der Waals surface area contributed by atoms with Crippen molar-refractivity contribution < 1.29 is 39.6 Å². The van der Waals surface area contributed by atoms with Crippen molar-refractivity contribution in [3.8, 4) is 0 Å². The van der Waals surface area contributed by atoms with Gasteiger partial charge >= 0.3 is 23.9 Å². The molecule has 6 unspecified atom stereocenters. The molecule has 6 aliphatic heterocycles. The fourth-order valence-corrected chi connectivity index (χ4v) is 9.30. The molecule has 3 aliphatic carbocycles. The molecule has 0 radical (unpaired) electrons. The summed E-state index contributed by atoms with van der Waals surface area (Å²) in [6.45, 7) is 16.0. The first kappa shape index (κ1) is 36.9. The van der Waals surface area contributed by atoms with Crippen LogP contribution in [0.4, 0.5) is 0 Å². The highest BCUT2D eigenvalue weighted by molar-refractivity contribution is 6.27. The van der Waals surface area contributed by atoms with Crippen molar-refractivity contribution in [2.24, 2.45) is 35.5 Å². The average Bonchev–Trinajstić information content (AvgIpc) is 3.76. The van der Waals surface area contributed by atoms with Gasteiger partial charge in [-0.3, -0.25) is 14.7 Å². The molecule has 14 heteroatoms. The van der Waals surface area contributed by atoms with E-state index >= 15 is 0 Å². The summed E-state index contributed by atoms with van der Waals surface area (Å²) in [6, 6.07) is 2.70. The van der Waals surface area contributed by atoms with Crippen LogP contribution in [0.25, 0.3) is 0 Å². The molecule has 48 heavy (non-hydrogen) atoms. The second-order valence-corrected chi connectivity index (χ2v) is 15.4. The van der Waals surface area contributed by atoms with Crippen LogP contribution in [0.5, 0.6) is 0 Å². The number of nitrogens with one attached hydrogen (secondary N) is 3. The number of aliphatic carboxylic acids is 4. The Hall–Kier alpha value is -2.36. The maximum absolute atomic E-state index is 9.10. The summed E-state index contributed by atoms with van der Waals surface area (Å²) in [4.78, 5) is 44.6. The summed E-state index contributed by atoms with van der Waals surface area (Å²) in [5.74, 6) is -0.849. The molecule has 0 spiro atoms. The predicted molar refractivity (Wildman–Crippen MR) is 178 cm³/mol. The minimum atomic E-state index is -1.82. The zero-order valence-corrected chi connectivity index (χ0v) is 28.3. The molecular weight excluding hydrogens is 620 g/mol. The third kappa shape index (κ3) is 9.87. The summed E-state index contributed by atoms with van der Waals surface area (Å²) in [6.07, 6.45) is 13.6. The number of likely N-dealkylation sites (tertiary alicyclic amines) is 3. The Balaban J connectivity index is 0.000000122. The maximum atomic E-state index is 9.10. The Labute approximate surface area is 284 Å². The van der Waals surface area contributed by atoms with Crippen LogP contribution in [0.1, 0.15) is 57.8 Å². The van der Waals surface area contributed by atoms with Gasteiger partial charge in [0.2, 0.25) is 0 Å². The molecule has 9 fully saturated rings. The van der Waals surface area contributed by atoms with E-state index < -0.39 is 23.9 Å². The largest absolute Gasteiger partial charge is 0.473 e. The van der Waals surface area contributed by atoms with Crippen molar-refractivity contribution in [2.75, 3.05) is 78.5 Å². The first-order valence-electron chi connectivity index (χ1n) is 18.4. The van der Waals surface area contributed by atoms with Gasteiger partial charge < -0.3 is 36.4 Å². The second-order valence-electron chi connectivity index (χ2n) is 15.4. The number of nitrogens with zero attached hydrogens (tertiary/aromatic N) is 3. The minimum Gasteiger partial charge on any atom is -0.473 e. The van der Waals surface area contributed by atoms with Gasteiger partial charge in [0.05, 0.1) is 0 Å². The van der Waals surface area contributed by atoms with E-state index in [1.807, 2.05) is 0 Å². The molecular formula is C34H58N6O8. The summed E-state index contributed by atoms with van der Waals surface area (Å²) >= 11 is 0. The van der Waals surface area contributed by atoms with Crippen LogP contribution in [-0.4, -0.2) is 156 Å². The van der Waals surface area contributed by atoms with Crippen LogP contribution in [0.3, 0.4) is 0 Å². The number of carboxylic acids is 4. The predicted octanol–water partition coefficient (Wildman–Crippen LogP) is 0.382. The minimum absolute atomic E-state index is 0.899. The number of hydrogen-bond acceptors (Lipinski definition) is 10. The Morgan fingerprint density at radius 1 is 0.375 bits per heavy atom. The molecule has 6 saturated heterocycles. The number of fused-ring (bicyclic) bond motifs is 3. The third-order valence-electron chi connectivity index (χ3n) is 12.5. The Kier molecular flexibility index (Phi) is 13.5. The van der Waals surface area contributed by atoms with E-state index in [0.717, 1.165) is 53.6 Å². The lowest BCUT2D eigenvalue weighted by Gasteiger charge is -2.36. The first-order valence-corrected chi connectivity index (χ1v) is 18.4. The molecule has 0 aromatic carbocycles. The topological polar surface area (TPSA) is 195 Å². The number of hydrogen-bond donors (Lipinski definition) is 7. The Bertz CT molecular complexity index is 922. The van der Waals surface area contributed by atoms with E-state index in [9.17, 15) is 0 Å². The molecule has 0 aromatic rings. The molecule has 0 bridgehead atoms. The summed E-state index contributed by atoms with van der Waals surface area (Å²) < 4.78 is 0. The van der Waals surface area contributed by atoms with Crippen molar-refractivity contribution in [3.63, 3.8) is 0 Å². The van der Waals surface area contributed by atoms with Crippen LogP contribution in [0.2, 0.25) is 0 Å². The number of rotatable bonds is 3. The van der Waals surface area contributed by atoms with E-state index in [0.29, 0.717) is 0 Å². The van der Waals surface area contributed by atoms with Gasteiger partial charge in [0.15, 0.2) is 0 Å². The van der Waals surface area contributed by atoms with Gasteiger partial charge in [-0.15, -0.1) is 0 Å². The van der Waals surface area contributed by atoms with E-state index in [1.165, 1.54) is 136 Å². The lowest BCUT2D eigenvalue weighted by Crippen LogP contribution is -2.56. The lowest BCUT2D eigenvalue weighted by atomic mass is 10.0. The van der Waals surface area contributed by atoms with Crippen molar-refractivity contribution in [3.05, 3.63) is 0 Å². The summed E-state index contributed by atoms with van der Waals surface area (Å²) in [5, 5.41) is 39.7. The Morgan fingerprint density at radius 3 is 0.688 bits per heavy atom. The second kappa shape index (κ2) is 17.5. The standard InChI is InChI=1S/3C10H18N2.2C2H2O4/c3*1-2-8-6-12(7-9(8)3-1)10-4-11-5-10;2*3-1(4)2(5)6/h3*8-11H,1-7H2;2*(H,3,4)(H,5,6). The molecule has 0 amide bonds. The van der Waals surface area contributed by atoms with Gasteiger partial charge in [-0.05, 0) is 74.0 Å². The first-order chi connectivity index (χ1) is 23.1. The fraction of sp³-hybridized carbons (Fsp3) is 0.882. The van der Waals surface area contributed by atoms with Gasteiger partial charge in [-0.1, -0.05) is 19.3 Å². The zero-order chi connectivity index (χ0) is 34.2. The highest BCUT2D eigenvalue weighted by Crippen LogP contribution is 2.40. The molecule has 6 atom stereocenters. The highest BCUT2D eigenvalue weighted by atomic mass is 16.4. The van der Waals surface area contributed by atoms with Crippen molar-refractivity contribution >= 4 is 23.9 Å². The van der Waals surface area contributed by atoms with E-state index in [4.69, 9.17) is 39.6 Å². The van der Waals surface area contributed by atoms with Crippen LogP contribution in [0.15, 0.2) is 0 Å². The molecule has 0 aromatic heterocycles.